The van der Waals surface area contributed by atoms with Crippen LogP contribution in [0.2, 0.25) is 0 Å². The predicted molar refractivity (Wildman–Crippen MR) is 93.6 cm³/mol. The van der Waals surface area contributed by atoms with E-state index in [1.165, 1.54) is 4.90 Å². The number of rotatable bonds is 3. The molecule has 0 radical (unpaired) electrons. The summed E-state index contributed by atoms with van der Waals surface area (Å²) in [6.45, 7) is 10.2. The van der Waals surface area contributed by atoms with Gasteiger partial charge in [0.2, 0.25) is 5.91 Å². The molecule has 0 saturated carbocycles. The molecule has 2 aliphatic heterocycles. The van der Waals surface area contributed by atoms with Crippen molar-refractivity contribution >= 4 is 11.8 Å². The van der Waals surface area contributed by atoms with Crippen molar-refractivity contribution in [3.05, 3.63) is 0 Å². The van der Waals surface area contributed by atoms with E-state index in [1.54, 1.807) is 19.0 Å². The molecule has 0 aliphatic carbocycles. The Hall–Kier alpha value is -1.14. The number of carbonyl (C=O) groups excluding carboxylic acids is 2. The van der Waals surface area contributed by atoms with Crippen LogP contribution >= 0.6 is 0 Å². The van der Waals surface area contributed by atoms with Crippen LogP contribution in [0.4, 0.5) is 0 Å². The number of carbonyl (C=O) groups is 2. The van der Waals surface area contributed by atoms with Gasteiger partial charge in [0.15, 0.2) is 6.10 Å². The maximum atomic E-state index is 12.8. The normalized spacial score (nSPS) is 26.9. The molecular formula is C18H33N3O3. The van der Waals surface area contributed by atoms with Crippen LogP contribution in [-0.2, 0) is 14.3 Å². The summed E-state index contributed by atoms with van der Waals surface area (Å²) in [5.41, 5.74) is 0.0856. The smallest absolute Gasteiger partial charge is 0.253 e. The highest BCUT2D eigenvalue weighted by Gasteiger charge is 2.39. The zero-order valence-electron chi connectivity index (χ0n) is 16.0. The highest BCUT2D eigenvalue weighted by atomic mass is 16.5. The van der Waals surface area contributed by atoms with Crippen molar-refractivity contribution in [2.75, 3.05) is 33.8 Å². The number of nitrogens with zero attached hydrogens (tertiary/aromatic N) is 2. The first-order valence-electron chi connectivity index (χ1n) is 8.89. The summed E-state index contributed by atoms with van der Waals surface area (Å²) in [5.74, 6) is 0.444. The summed E-state index contributed by atoms with van der Waals surface area (Å²) in [6.07, 6.45) is 2.01. The van der Waals surface area contributed by atoms with Gasteiger partial charge in [-0.3, -0.25) is 9.59 Å². The van der Waals surface area contributed by atoms with Crippen molar-refractivity contribution in [1.29, 1.82) is 0 Å². The third kappa shape index (κ3) is 4.93. The van der Waals surface area contributed by atoms with Gasteiger partial charge in [-0.2, -0.15) is 0 Å². The Balaban J connectivity index is 1.95. The lowest BCUT2D eigenvalue weighted by atomic mass is 9.74. The van der Waals surface area contributed by atoms with Crippen LogP contribution < -0.4 is 5.32 Å². The molecule has 2 saturated heterocycles. The predicted octanol–water partition coefficient (Wildman–Crippen LogP) is 1.25. The summed E-state index contributed by atoms with van der Waals surface area (Å²) in [4.78, 5) is 28.2. The molecule has 0 aromatic rings. The van der Waals surface area contributed by atoms with Crippen molar-refractivity contribution < 1.29 is 14.3 Å². The number of amides is 2. The van der Waals surface area contributed by atoms with Crippen LogP contribution in [0.15, 0.2) is 0 Å². The first-order chi connectivity index (χ1) is 11.0. The SMILES string of the molecule is CN(C)C(=O)C1CN(C(=O)CC2CC(C)(C)NC(C)(C)C2)CCO1. The quantitative estimate of drug-likeness (QED) is 0.841. The molecular weight excluding hydrogens is 306 g/mol. The fourth-order valence-corrected chi connectivity index (χ4v) is 4.37. The fourth-order valence-electron chi connectivity index (χ4n) is 4.37. The highest BCUT2D eigenvalue weighted by molar-refractivity contribution is 5.82. The van der Waals surface area contributed by atoms with Gasteiger partial charge in [-0.25, -0.2) is 0 Å². The number of hydrogen-bond acceptors (Lipinski definition) is 4. The molecule has 2 fully saturated rings. The Kier molecular flexibility index (Phi) is 5.60. The number of hydrogen-bond donors (Lipinski definition) is 1. The number of likely N-dealkylation sites (N-methyl/N-ethyl adjacent to an activating group) is 1. The van der Waals surface area contributed by atoms with Crippen LogP contribution in [0, 0.1) is 5.92 Å². The minimum absolute atomic E-state index is 0.0428. The van der Waals surface area contributed by atoms with Gasteiger partial charge in [-0.05, 0) is 46.5 Å². The molecule has 24 heavy (non-hydrogen) atoms. The Morgan fingerprint density at radius 2 is 1.75 bits per heavy atom. The van der Waals surface area contributed by atoms with E-state index in [4.69, 9.17) is 4.74 Å². The summed E-state index contributed by atoms with van der Waals surface area (Å²) < 4.78 is 5.54. The molecule has 1 N–H and O–H groups in total. The standard InChI is InChI=1S/C18H33N3O3/c1-17(2)10-13(11-18(3,4)19-17)9-15(22)21-7-8-24-14(12-21)16(23)20(5)6/h13-14,19H,7-12H2,1-6H3. The zero-order valence-corrected chi connectivity index (χ0v) is 16.0. The van der Waals surface area contributed by atoms with E-state index in [9.17, 15) is 9.59 Å². The second-order valence-electron chi connectivity index (χ2n) is 8.80. The van der Waals surface area contributed by atoms with Crippen LogP contribution in [0.25, 0.3) is 0 Å². The molecule has 0 aromatic carbocycles. The molecule has 1 atom stereocenters. The number of piperidine rings is 1. The van der Waals surface area contributed by atoms with Crippen LogP contribution in [-0.4, -0.2) is 72.6 Å². The van der Waals surface area contributed by atoms with E-state index in [0.29, 0.717) is 32.0 Å². The van der Waals surface area contributed by atoms with Gasteiger partial charge in [-0.1, -0.05) is 0 Å². The topological polar surface area (TPSA) is 61.9 Å². The Bertz CT molecular complexity index is 472. The second kappa shape index (κ2) is 7.00. The summed E-state index contributed by atoms with van der Waals surface area (Å²) in [7, 11) is 3.43. The second-order valence-corrected chi connectivity index (χ2v) is 8.80. The lowest BCUT2D eigenvalue weighted by molar-refractivity contribution is -0.153. The lowest BCUT2D eigenvalue weighted by Gasteiger charge is -2.47. The Morgan fingerprint density at radius 3 is 2.29 bits per heavy atom. The molecule has 6 nitrogen and oxygen atoms in total. The third-order valence-corrected chi connectivity index (χ3v) is 4.87. The number of morpholine rings is 1. The van der Waals surface area contributed by atoms with Crippen molar-refractivity contribution in [1.82, 2.24) is 15.1 Å². The fraction of sp³-hybridized carbons (Fsp3) is 0.889. The minimum Gasteiger partial charge on any atom is -0.365 e. The Morgan fingerprint density at radius 1 is 1.17 bits per heavy atom. The van der Waals surface area contributed by atoms with E-state index in [1.807, 2.05) is 0 Å². The van der Waals surface area contributed by atoms with Crippen molar-refractivity contribution in [3.8, 4) is 0 Å². The average molecular weight is 339 g/mol. The molecule has 0 spiro atoms. The van der Waals surface area contributed by atoms with Crippen LogP contribution in [0.3, 0.4) is 0 Å². The largest absolute Gasteiger partial charge is 0.365 e. The van der Waals surface area contributed by atoms with Gasteiger partial charge in [0.1, 0.15) is 0 Å². The average Bonchev–Trinajstić information content (AvgIpc) is 2.43. The summed E-state index contributed by atoms with van der Waals surface area (Å²) in [6, 6.07) is 0. The number of nitrogens with one attached hydrogen (secondary N) is 1. The molecule has 6 heteroatoms. The van der Waals surface area contributed by atoms with E-state index < -0.39 is 6.10 Å². The van der Waals surface area contributed by atoms with E-state index in [2.05, 4.69) is 33.0 Å². The molecule has 2 amide bonds. The van der Waals surface area contributed by atoms with Gasteiger partial charge >= 0.3 is 0 Å². The molecule has 2 aliphatic rings. The van der Waals surface area contributed by atoms with Crippen molar-refractivity contribution in [2.45, 2.75) is 64.1 Å². The van der Waals surface area contributed by atoms with E-state index in [-0.39, 0.29) is 22.9 Å². The van der Waals surface area contributed by atoms with Gasteiger partial charge in [0, 0.05) is 38.1 Å². The van der Waals surface area contributed by atoms with E-state index in [0.717, 1.165) is 12.8 Å². The summed E-state index contributed by atoms with van der Waals surface area (Å²) >= 11 is 0. The van der Waals surface area contributed by atoms with Crippen LogP contribution in [0.5, 0.6) is 0 Å². The third-order valence-electron chi connectivity index (χ3n) is 4.87. The van der Waals surface area contributed by atoms with Crippen LogP contribution in [0.1, 0.15) is 47.0 Å². The highest BCUT2D eigenvalue weighted by Crippen LogP contribution is 2.35. The maximum absolute atomic E-state index is 12.8. The molecule has 2 heterocycles. The molecule has 0 aromatic heterocycles. The summed E-state index contributed by atoms with van der Waals surface area (Å²) in [5, 5.41) is 3.65. The maximum Gasteiger partial charge on any atom is 0.253 e. The molecule has 2 rings (SSSR count). The van der Waals surface area contributed by atoms with E-state index >= 15 is 0 Å². The van der Waals surface area contributed by atoms with Gasteiger partial charge in [-0.15, -0.1) is 0 Å². The van der Waals surface area contributed by atoms with Crippen molar-refractivity contribution in [3.63, 3.8) is 0 Å². The van der Waals surface area contributed by atoms with Gasteiger partial charge in [0.05, 0.1) is 13.2 Å². The first-order valence-corrected chi connectivity index (χ1v) is 8.89. The first kappa shape index (κ1) is 19.2. The Labute approximate surface area is 145 Å². The minimum atomic E-state index is -0.529. The lowest BCUT2D eigenvalue weighted by Crippen LogP contribution is -2.58. The number of ether oxygens (including phenoxy) is 1. The molecule has 0 bridgehead atoms. The monoisotopic (exact) mass is 339 g/mol. The van der Waals surface area contributed by atoms with Gasteiger partial charge in [0.25, 0.3) is 5.91 Å². The molecule has 138 valence electrons. The molecule has 1 unspecified atom stereocenters. The van der Waals surface area contributed by atoms with Crippen molar-refractivity contribution in [2.24, 2.45) is 5.92 Å². The van der Waals surface area contributed by atoms with Gasteiger partial charge < -0.3 is 19.9 Å². The zero-order chi connectivity index (χ0) is 18.1.